The summed E-state index contributed by atoms with van der Waals surface area (Å²) < 4.78 is 5.79. The molecule has 1 heterocycles. The lowest BCUT2D eigenvalue weighted by Gasteiger charge is -2.13. The Hall–Kier alpha value is -2.36. The highest BCUT2D eigenvalue weighted by molar-refractivity contribution is 7.12. The Bertz CT molecular complexity index is 788. The molecule has 5 nitrogen and oxygen atoms in total. The fourth-order valence-electron chi connectivity index (χ4n) is 2.35. The van der Waals surface area contributed by atoms with Crippen molar-refractivity contribution < 1.29 is 9.84 Å². The molecule has 0 fully saturated rings. The van der Waals surface area contributed by atoms with E-state index < -0.39 is 6.10 Å². The van der Waals surface area contributed by atoms with E-state index in [1.165, 1.54) is 11.3 Å². The number of nitrogens with one attached hydrogen (secondary N) is 1. The SMILES string of the molecule is CCC(C#CNCC(O)COc1ccccc1/C=C/c1nnc(C)s1)CC. The van der Waals surface area contributed by atoms with E-state index >= 15 is 0 Å². The third kappa shape index (κ3) is 7.41. The number of rotatable bonds is 9. The van der Waals surface area contributed by atoms with E-state index in [1.54, 1.807) is 0 Å². The number of aliphatic hydroxyl groups excluding tert-OH is 1. The Morgan fingerprint density at radius 1 is 1.22 bits per heavy atom. The second-order valence-corrected chi connectivity index (χ2v) is 7.37. The average molecular weight is 386 g/mol. The summed E-state index contributed by atoms with van der Waals surface area (Å²) >= 11 is 1.54. The standard InChI is InChI=1S/C21H27N3O2S/c1-4-17(5-2)12-13-22-14-19(25)15-26-20-9-7-6-8-18(20)10-11-21-24-23-16(3)27-21/h6-11,17,19,22,25H,4-5,14-15H2,1-3H3/b11-10+. The first-order valence-electron chi connectivity index (χ1n) is 9.23. The highest BCUT2D eigenvalue weighted by Gasteiger charge is 2.07. The van der Waals surface area contributed by atoms with Crippen LogP contribution >= 0.6 is 11.3 Å². The van der Waals surface area contributed by atoms with Gasteiger partial charge >= 0.3 is 0 Å². The molecule has 0 saturated carbocycles. The second-order valence-electron chi connectivity index (χ2n) is 6.16. The maximum Gasteiger partial charge on any atom is 0.140 e. The summed E-state index contributed by atoms with van der Waals surface area (Å²) in [5, 5.41) is 22.9. The second kappa shape index (κ2) is 11.4. The average Bonchev–Trinajstić information content (AvgIpc) is 3.10. The molecule has 0 bridgehead atoms. The van der Waals surface area contributed by atoms with Crippen molar-refractivity contribution in [2.45, 2.75) is 39.7 Å². The van der Waals surface area contributed by atoms with E-state index in [1.807, 2.05) is 43.3 Å². The molecular weight excluding hydrogens is 358 g/mol. The monoisotopic (exact) mass is 385 g/mol. The molecule has 6 heteroatoms. The van der Waals surface area contributed by atoms with Crippen LogP contribution in [0.2, 0.25) is 0 Å². The largest absolute Gasteiger partial charge is 0.490 e. The summed E-state index contributed by atoms with van der Waals surface area (Å²) in [6.45, 7) is 6.75. The minimum Gasteiger partial charge on any atom is -0.490 e. The highest BCUT2D eigenvalue weighted by atomic mass is 32.1. The molecule has 2 N–H and O–H groups in total. The first-order chi connectivity index (χ1) is 13.1. The predicted molar refractivity (Wildman–Crippen MR) is 111 cm³/mol. The molecule has 2 aromatic rings. The van der Waals surface area contributed by atoms with Gasteiger partial charge in [0.05, 0.1) is 6.54 Å². The van der Waals surface area contributed by atoms with Gasteiger partial charge in [0.1, 0.15) is 28.5 Å². The van der Waals surface area contributed by atoms with Crippen LogP contribution in [0.5, 0.6) is 5.75 Å². The van der Waals surface area contributed by atoms with Crippen molar-refractivity contribution in [3.8, 4) is 17.7 Å². The maximum absolute atomic E-state index is 10.1. The predicted octanol–water partition coefficient (Wildman–Crippen LogP) is 3.74. The molecule has 0 aliphatic carbocycles. The fourth-order valence-corrected chi connectivity index (χ4v) is 2.95. The van der Waals surface area contributed by atoms with E-state index in [4.69, 9.17) is 4.74 Å². The Morgan fingerprint density at radius 3 is 2.70 bits per heavy atom. The molecule has 0 spiro atoms. The third-order valence-corrected chi connectivity index (χ3v) is 4.79. The summed E-state index contributed by atoms with van der Waals surface area (Å²) in [6, 6.07) is 10.6. The molecule has 0 aliphatic heterocycles. The van der Waals surface area contributed by atoms with Crippen molar-refractivity contribution in [1.82, 2.24) is 15.5 Å². The smallest absolute Gasteiger partial charge is 0.140 e. The third-order valence-electron chi connectivity index (χ3n) is 3.99. The van der Waals surface area contributed by atoms with Gasteiger partial charge in [-0.2, -0.15) is 0 Å². The number of aliphatic hydroxyl groups is 1. The van der Waals surface area contributed by atoms with Crippen LogP contribution in [0.25, 0.3) is 12.2 Å². The van der Waals surface area contributed by atoms with E-state index in [0.29, 0.717) is 12.5 Å². The maximum atomic E-state index is 10.1. The van der Waals surface area contributed by atoms with Crippen molar-refractivity contribution in [2.24, 2.45) is 5.92 Å². The summed E-state index contributed by atoms with van der Waals surface area (Å²) in [5.74, 6) is 4.28. The zero-order chi connectivity index (χ0) is 19.5. The van der Waals surface area contributed by atoms with Crippen LogP contribution in [-0.4, -0.2) is 34.6 Å². The van der Waals surface area contributed by atoms with Crippen LogP contribution in [0.4, 0.5) is 0 Å². The number of hydrogen-bond acceptors (Lipinski definition) is 6. The zero-order valence-electron chi connectivity index (χ0n) is 16.1. The quantitative estimate of drug-likeness (QED) is 0.508. The minimum absolute atomic E-state index is 0.197. The highest BCUT2D eigenvalue weighted by Crippen LogP contribution is 2.21. The lowest BCUT2D eigenvalue weighted by atomic mass is 10.1. The lowest BCUT2D eigenvalue weighted by Crippen LogP contribution is -2.29. The summed E-state index contributed by atoms with van der Waals surface area (Å²) in [6.07, 6.45) is 5.30. The van der Waals surface area contributed by atoms with Crippen molar-refractivity contribution in [2.75, 3.05) is 13.2 Å². The fraction of sp³-hybridized carbons (Fsp3) is 0.429. The van der Waals surface area contributed by atoms with Gasteiger partial charge in [-0.25, -0.2) is 0 Å². The van der Waals surface area contributed by atoms with Crippen LogP contribution in [-0.2, 0) is 0 Å². The van der Waals surface area contributed by atoms with Crippen molar-refractivity contribution in [3.05, 3.63) is 39.8 Å². The number of benzene rings is 1. The normalized spacial score (nSPS) is 12.0. The number of aryl methyl sites for hydroxylation is 1. The number of hydrogen-bond donors (Lipinski definition) is 2. The van der Waals surface area contributed by atoms with Gasteiger partial charge < -0.3 is 15.2 Å². The topological polar surface area (TPSA) is 67.3 Å². The molecule has 0 saturated heterocycles. The van der Waals surface area contributed by atoms with Gasteiger partial charge in [-0.05, 0) is 38.0 Å². The number of ether oxygens (including phenoxy) is 1. The van der Waals surface area contributed by atoms with Gasteiger partial charge in [-0.1, -0.05) is 49.3 Å². The Labute approximate surface area is 165 Å². The molecule has 27 heavy (non-hydrogen) atoms. The Kier molecular flexibility index (Phi) is 8.82. The van der Waals surface area contributed by atoms with Crippen LogP contribution in [0.3, 0.4) is 0 Å². The molecule has 144 valence electrons. The minimum atomic E-state index is -0.635. The molecule has 0 amide bonds. The van der Waals surface area contributed by atoms with Crippen LogP contribution < -0.4 is 10.1 Å². The molecule has 0 aliphatic rings. The van der Waals surface area contributed by atoms with Crippen LogP contribution in [0.15, 0.2) is 24.3 Å². The molecule has 1 aromatic carbocycles. The molecule has 1 atom stereocenters. The van der Waals surface area contributed by atoms with Crippen molar-refractivity contribution in [3.63, 3.8) is 0 Å². The molecule has 1 aromatic heterocycles. The van der Waals surface area contributed by atoms with E-state index in [-0.39, 0.29) is 6.61 Å². The van der Waals surface area contributed by atoms with Gasteiger partial charge in [-0.3, -0.25) is 0 Å². The number of aromatic nitrogens is 2. The molecular formula is C21H27N3O2S. The van der Waals surface area contributed by atoms with Gasteiger partial charge in [0.15, 0.2) is 0 Å². The molecule has 0 radical (unpaired) electrons. The number of para-hydroxylation sites is 1. The van der Waals surface area contributed by atoms with Crippen molar-refractivity contribution >= 4 is 23.5 Å². The van der Waals surface area contributed by atoms with E-state index in [0.717, 1.165) is 34.2 Å². The first-order valence-corrected chi connectivity index (χ1v) is 10.1. The van der Waals surface area contributed by atoms with Crippen LogP contribution in [0.1, 0.15) is 42.3 Å². The molecule has 1 unspecified atom stereocenters. The van der Waals surface area contributed by atoms with E-state index in [9.17, 15) is 5.11 Å². The van der Waals surface area contributed by atoms with Gasteiger partial charge in [0, 0.05) is 17.5 Å². The van der Waals surface area contributed by atoms with Gasteiger partial charge in [0.2, 0.25) is 0 Å². The summed E-state index contributed by atoms with van der Waals surface area (Å²) in [4.78, 5) is 0. The van der Waals surface area contributed by atoms with Gasteiger partial charge in [0.25, 0.3) is 0 Å². The lowest BCUT2D eigenvalue weighted by molar-refractivity contribution is 0.110. The van der Waals surface area contributed by atoms with Crippen molar-refractivity contribution in [1.29, 1.82) is 0 Å². The van der Waals surface area contributed by atoms with Gasteiger partial charge in [-0.15, -0.1) is 10.2 Å². The summed E-state index contributed by atoms with van der Waals surface area (Å²) in [5.41, 5.74) is 0.930. The first kappa shape index (κ1) is 20.9. The van der Waals surface area contributed by atoms with E-state index in [2.05, 4.69) is 41.3 Å². The molecule has 2 rings (SSSR count). The Balaban J connectivity index is 1.85. The number of nitrogens with zero attached hydrogens (tertiary/aromatic N) is 2. The zero-order valence-corrected chi connectivity index (χ0v) is 16.9. The Morgan fingerprint density at radius 2 is 2.00 bits per heavy atom. The summed E-state index contributed by atoms with van der Waals surface area (Å²) in [7, 11) is 0. The van der Waals surface area contributed by atoms with Crippen LogP contribution in [0, 0.1) is 24.8 Å².